The maximum atomic E-state index is 11.8. The van der Waals surface area contributed by atoms with Gasteiger partial charge in [-0.1, -0.05) is 30.3 Å². The lowest BCUT2D eigenvalue weighted by atomic mass is 10.2. The van der Waals surface area contributed by atoms with Gasteiger partial charge in [0.1, 0.15) is 12.3 Å². The Morgan fingerprint density at radius 3 is 2.81 bits per heavy atom. The van der Waals surface area contributed by atoms with Crippen molar-refractivity contribution in [2.24, 2.45) is 5.84 Å². The Morgan fingerprint density at radius 2 is 2.10 bits per heavy atom. The lowest BCUT2D eigenvalue weighted by Crippen LogP contribution is -2.21. The molecule has 1 amide bonds. The van der Waals surface area contributed by atoms with Crippen molar-refractivity contribution in [2.75, 3.05) is 17.3 Å². The molecule has 21 heavy (non-hydrogen) atoms. The van der Waals surface area contributed by atoms with E-state index in [-0.39, 0.29) is 23.6 Å². The number of carbonyl (C=O) groups excluding carboxylic acids is 1. The van der Waals surface area contributed by atoms with Crippen LogP contribution in [0.1, 0.15) is 5.56 Å². The van der Waals surface area contributed by atoms with Crippen LogP contribution in [0, 0.1) is 0 Å². The quantitative estimate of drug-likeness (QED) is 0.425. The minimum atomic E-state index is -0.339. The summed E-state index contributed by atoms with van der Waals surface area (Å²) in [6, 6.07) is 9.56. The van der Waals surface area contributed by atoms with E-state index in [0.29, 0.717) is 12.3 Å². The molecule has 4 N–H and O–H groups in total. The van der Waals surface area contributed by atoms with Gasteiger partial charge in [0, 0.05) is 0 Å². The van der Waals surface area contributed by atoms with Gasteiger partial charge in [0.2, 0.25) is 5.28 Å². The number of hydrazine groups is 1. The average Bonchev–Trinajstić information content (AvgIpc) is 2.50. The maximum Gasteiger partial charge on any atom is 0.250 e. The van der Waals surface area contributed by atoms with E-state index < -0.39 is 0 Å². The summed E-state index contributed by atoms with van der Waals surface area (Å²) in [5.41, 5.74) is 3.65. The highest BCUT2D eigenvalue weighted by atomic mass is 35.5. The van der Waals surface area contributed by atoms with Crippen LogP contribution in [0.25, 0.3) is 0 Å². The van der Waals surface area contributed by atoms with E-state index >= 15 is 0 Å². The molecule has 0 fully saturated rings. The van der Waals surface area contributed by atoms with Gasteiger partial charge in [-0.15, -0.1) is 0 Å². The van der Waals surface area contributed by atoms with E-state index in [1.807, 2.05) is 30.3 Å². The largest absolute Gasteiger partial charge is 0.367 e. The number of nitrogens with two attached hydrogens (primary N) is 1. The standard InChI is InChI=1S/C13H14ClN5O2/c14-13-16-6-10(12(18-13)19-15)17-11(20)8-21-7-9-4-2-1-3-5-9/h1-6H,7-8,15H2,(H,17,20)(H,16,18,19). The molecular weight excluding hydrogens is 294 g/mol. The number of carbonyl (C=O) groups is 1. The summed E-state index contributed by atoms with van der Waals surface area (Å²) < 4.78 is 5.32. The van der Waals surface area contributed by atoms with Gasteiger partial charge in [-0.2, -0.15) is 4.98 Å². The van der Waals surface area contributed by atoms with Crippen LogP contribution in [0.4, 0.5) is 11.5 Å². The van der Waals surface area contributed by atoms with Crippen LogP contribution in [-0.2, 0) is 16.1 Å². The SMILES string of the molecule is NNc1nc(Cl)ncc1NC(=O)COCc1ccccc1. The van der Waals surface area contributed by atoms with Crippen LogP contribution < -0.4 is 16.6 Å². The third-order valence-electron chi connectivity index (χ3n) is 2.51. The number of nitrogen functional groups attached to an aromatic ring is 1. The second-order valence-electron chi connectivity index (χ2n) is 4.07. The number of nitrogens with zero attached hydrogens (tertiary/aromatic N) is 2. The Kier molecular flexibility index (Phi) is 5.44. The van der Waals surface area contributed by atoms with Crippen molar-refractivity contribution in [3.05, 3.63) is 47.4 Å². The van der Waals surface area contributed by atoms with Gasteiger partial charge in [0.25, 0.3) is 5.91 Å². The molecule has 7 nitrogen and oxygen atoms in total. The molecule has 0 saturated heterocycles. The minimum absolute atomic E-state index is 0.0290. The molecule has 1 heterocycles. The summed E-state index contributed by atoms with van der Waals surface area (Å²) >= 11 is 5.63. The zero-order chi connectivity index (χ0) is 15.1. The monoisotopic (exact) mass is 307 g/mol. The first-order valence-corrected chi connectivity index (χ1v) is 6.47. The molecule has 2 aromatic rings. The van der Waals surface area contributed by atoms with Crippen LogP contribution in [0.3, 0.4) is 0 Å². The van der Waals surface area contributed by atoms with Crippen molar-refractivity contribution in [2.45, 2.75) is 6.61 Å². The Hall–Kier alpha value is -2.22. The highest BCUT2D eigenvalue weighted by Crippen LogP contribution is 2.18. The van der Waals surface area contributed by atoms with Gasteiger partial charge in [-0.05, 0) is 17.2 Å². The molecule has 0 unspecified atom stereocenters. The highest BCUT2D eigenvalue weighted by molar-refractivity contribution is 6.28. The molecule has 0 aliphatic carbocycles. The van der Waals surface area contributed by atoms with Crippen molar-refractivity contribution in [3.63, 3.8) is 0 Å². The number of anilines is 2. The number of ether oxygens (including phenoxy) is 1. The molecule has 1 aromatic carbocycles. The third-order valence-corrected chi connectivity index (χ3v) is 2.70. The third kappa shape index (κ3) is 4.67. The molecule has 110 valence electrons. The molecule has 8 heteroatoms. The number of halogens is 1. The van der Waals surface area contributed by atoms with E-state index in [2.05, 4.69) is 20.7 Å². The first-order valence-electron chi connectivity index (χ1n) is 6.09. The van der Waals surface area contributed by atoms with Crippen LogP contribution >= 0.6 is 11.6 Å². The van der Waals surface area contributed by atoms with Gasteiger partial charge < -0.3 is 15.5 Å². The maximum absolute atomic E-state index is 11.8. The van der Waals surface area contributed by atoms with Crippen LogP contribution in [-0.4, -0.2) is 22.5 Å². The van der Waals surface area contributed by atoms with Crippen LogP contribution in [0.5, 0.6) is 0 Å². The molecular formula is C13H14ClN5O2. The van der Waals surface area contributed by atoms with Gasteiger partial charge >= 0.3 is 0 Å². The zero-order valence-corrected chi connectivity index (χ0v) is 11.8. The summed E-state index contributed by atoms with van der Waals surface area (Å²) in [7, 11) is 0. The Bertz CT molecular complexity index is 609. The molecule has 2 rings (SSSR count). The number of aromatic nitrogens is 2. The lowest BCUT2D eigenvalue weighted by Gasteiger charge is -2.09. The summed E-state index contributed by atoms with van der Waals surface area (Å²) in [5.74, 6) is 5.18. The minimum Gasteiger partial charge on any atom is -0.367 e. The fourth-order valence-electron chi connectivity index (χ4n) is 1.58. The van der Waals surface area contributed by atoms with Crippen molar-refractivity contribution < 1.29 is 9.53 Å². The topological polar surface area (TPSA) is 102 Å². The smallest absolute Gasteiger partial charge is 0.250 e. The predicted molar refractivity (Wildman–Crippen MR) is 79.6 cm³/mol. The summed E-state index contributed by atoms with van der Waals surface area (Å²) in [6.45, 7) is 0.259. The van der Waals surface area contributed by atoms with Gasteiger partial charge in [0.05, 0.1) is 12.8 Å². The van der Waals surface area contributed by atoms with E-state index in [9.17, 15) is 4.79 Å². The molecule has 0 aliphatic heterocycles. The Labute approximate surface area is 126 Å². The summed E-state index contributed by atoms with van der Waals surface area (Å²) in [5, 5.41) is 2.61. The molecule has 0 radical (unpaired) electrons. The molecule has 0 bridgehead atoms. The molecule has 0 spiro atoms. The average molecular weight is 308 g/mol. The number of hydrogen-bond donors (Lipinski definition) is 3. The van der Waals surface area contributed by atoms with Crippen molar-refractivity contribution in [1.82, 2.24) is 9.97 Å². The summed E-state index contributed by atoms with van der Waals surface area (Å²) in [6.07, 6.45) is 1.36. The normalized spacial score (nSPS) is 10.2. The van der Waals surface area contributed by atoms with Crippen LogP contribution in [0.15, 0.2) is 36.5 Å². The fraction of sp³-hybridized carbons (Fsp3) is 0.154. The van der Waals surface area contributed by atoms with E-state index in [4.69, 9.17) is 22.2 Å². The number of rotatable bonds is 6. The van der Waals surface area contributed by atoms with E-state index in [1.165, 1.54) is 6.20 Å². The molecule has 1 aromatic heterocycles. The van der Waals surface area contributed by atoms with E-state index in [0.717, 1.165) is 5.56 Å². The van der Waals surface area contributed by atoms with Crippen molar-refractivity contribution in [3.8, 4) is 0 Å². The highest BCUT2D eigenvalue weighted by Gasteiger charge is 2.09. The predicted octanol–water partition coefficient (Wildman–Crippen LogP) is 1.57. The van der Waals surface area contributed by atoms with Gasteiger partial charge in [-0.25, -0.2) is 10.8 Å². The summed E-state index contributed by atoms with van der Waals surface area (Å²) in [4.78, 5) is 19.4. The van der Waals surface area contributed by atoms with Crippen molar-refractivity contribution >= 4 is 29.0 Å². The molecule has 0 saturated carbocycles. The fourth-order valence-corrected chi connectivity index (χ4v) is 1.72. The first-order chi connectivity index (χ1) is 10.2. The number of hydrogen-bond acceptors (Lipinski definition) is 6. The Morgan fingerprint density at radius 1 is 1.33 bits per heavy atom. The molecule has 0 atom stereocenters. The van der Waals surface area contributed by atoms with Crippen molar-refractivity contribution in [1.29, 1.82) is 0 Å². The van der Waals surface area contributed by atoms with Gasteiger partial charge in [0.15, 0.2) is 5.82 Å². The second kappa shape index (κ2) is 7.53. The number of amides is 1. The zero-order valence-electron chi connectivity index (χ0n) is 11.0. The first kappa shape index (κ1) is 15.2. The number of benzene rings is 1. The van der Waals surface area contributed by atoms with Gasteiger partial charge in [-0.3, -0.25) is 4.79 Å². The second-order valence-corrected chi connectivity index (χ2v) is 4.41. The number of nitrogens with one attached hydrogen (secondary N) is 2. The lowest BCUT2D eigenvalue weighted by molar-refractivity contribution is -0.121. The molecule has 0 aliphatic rings. The Balaban J connectivity index is 1.85. The van der Waals surface area contributed by atoms with Crippen LogP contribution in [0.2, 0.25) is 5.28 Å². The van der Waals surface area contributed by atoms with E-state index in [1.54, 1.807) is 0 Å².